The van der Waals surface area contributed by atoms with Gasteiger partial charge < -0.3 is 10.2 Å². The first kappa shape index (κ1) is 9.35. The number of nitrogens with zero attached hydrogens (tertiary/aromatic N) is 5. The van der Waals surface area contributed by atoms with Gasteiger partial charge in [-0.15, -0.1) is 15.3 Å². The normalized spacial score (nSPS) is 27.9. The number of hydrogen-bond donors (Lipinski definition) is 1. The van der Waals surface area contributed by atoms with Gasteiger partial charge in [0.05, 0.1) is 0 Å². The molecule has 2 saturated heterocycles. The van der Waals surface area contributed by atoms with E-state index in [1.165, 1.54) is 0 Å². The topological polar surface area (TPSA) is 58.4 Å². The van der Waals surface area contributed by atoms with Crippen LogP contribution in [0.5, 0.6) is 0 Å². The maximum Gasteiger partial charge on any atom is 0.177 e. The average molecular weight is 230 g/mol. The Morgan fingerprint density at radius 3 is 2.82 bits per heavy atom. The highest BCUT2D eigenvalue weighted by molar-refractivity contribution is 5.46. The molecule has 1 N–H and O–H groups in total. The smallest absolute Gasteiger partial charge is 0.177 e. The first-order chi connectivity index (χ1) is 8.40. The Bertz CT molecular complexity index is 538. The number of anilines is 1. The fourth-order valence-electron chi connectivity index (χ4n) is 2.93. The van der Waals surface area contributed by atoms with Gasteiger partial charge in [0.2, 0.25) is 0 Å². The van der Waals surface area contributed by atoms with E-state index in [1.807, 2.05) is 12.1 Å². The van der Waals surface area contributed by atoms with Crippen molar-refractivity contribution in [1.82, 2.24) is 25.1 Å². The van der Waals surface area contributed by atoms with Crippen molar-refractivity contribution in [2.75, 3.05) is 31.1 Å². The van der Waals surface area contributed by atoms with Crippen LogP contribution in [0.15, 0.2) is 18.5 Å². The van der Waals surface area contributed by atoms with Crippen molar-refractivity contribution in [3.63, 3.8) is 0 Å². The lowest BCUT2D eigenvalue weighted by molar-refractivity contribution is 0.533. The van der Waals surface area contributed by atoms with Crippen LogP contribution in [-0.2, 0) is 0 Å². The minimum absolute atomic E-state index is 0.786. The van der Waals surface area contributed by atoms with Gasteiger partial charge >= 0.3 is 0 Å². The molecule has 2 atom stereocenters. The SMILES string of the molecule is c1cc2nncn2nc1N1CC2CNCC2C1. The average Bonchev–Trinajstić information content (AvgIpc) is 3.02. The number of hydrogen-bond acceptors (Lipinski definition) is 5. The van der Waals surface area contributed by atoms with E-state index in [-0.39, 0.29) is 0 Å². The molecule has 0 spiro atoms. The summed E-state index contributed by atoms with van der Waals surface area (Å²) in [7, 11) is 0. The van der Waals surface area contributed by atoms with Gasteiger partial charge in [0.15, 0.2) is 5.65 Å². The van der Waals surface area contributed by atoms with E-state index in [2.05, 4.69) is 25.5 Å². The molecule has 0 saturated carbocycles. The van der Waals surface area contributed by atoms with E-state index in [0.29, 0.717) is 0 Å². The van der Waals surface area contributed by atoms with Crippen LogP contribution in [-0.4, -0.2) is 46.0 Å². The van der Waals surface area contributed by atoms with Crippen molar-refractivity contribution < 1.29 is 0 Å². The molecular weight excluding hydrogens is 216 g/mol. The molecule has 17 heavy (non-hydrogen) atoms. The Hall–Kier alpha value is -1.69. The maximum absolute atomic E-state index is 4.54. The third-order valence-electron chi connectivity index (χ3n) is 3.86. The van der Waals surface area contributed by atoms with Crippen LogP contribution in [0.2, 0.25) is 0 Å². The minimum atomic E-state index is 0.786. The fourth-order valence-corrected chi connectivity index (χ4v) is 2.93. The molecule has 6 heteroatoms. The van der Waals surface area contributed by atoms with E-state index in [9.17, 15) is 0 Å². The zero-order chi connectivity index (χ0) is 11.2. The lowest BCUT2D eigenvalue weighted by Crippen LogP contribution is -2.26. The number of nitrogens with one attached hydrogen (secondary N) is 1. The molecule has 2 aromatic rings. The predicted molar refractivity (Wildman–Crippen MR) is 62.8 cm³/mol. The Labute approximate surface area is 98.6 Å². The summed E-state index contributed by atoms with van der Waals surface area (Å²) in [4.78, 5) is 2.37. The van der Waals surface area contributed by atoms with E-state index in [0.717, 1.165) is 49.5 Å². The summed E-state index contributed by atoms with van der Waals surface area (Å²) in [6.07, 6.45) is 1.65. The molecule has 0 aromatic carbocycles. The lowest BCUT2D eigenvalue weighted by atomic mass is 10.0. The molecule has 2 fully saturated rings. The van der Waals surface area contributed by atoms with E-state index >= 15 is 0 Å². The lowest BCUT2D eigenvalue weighted by Gasteiger charge is -2.17. The maximum atomic E-state index is 4.54. The number of aromatic nitrogens is 4. The van der Waals surface area contributed by atoms with Gasteiger partial charge in [-0.05, 0) is 24.0 Å². The largest absolute Gasteiger partial charge is 0.355 e. The highest BCUT2D eigenvalue weighted by atomic mass is 15.4. The molecule has 0 aliphatic carbocycles. The van der Waals surface area contributed by atoms with Crippen LogP contribution in [0, 0.1) is 11.8 Å². The molecule has 2 aliphatic heterocycles. The molecule has 2 aliphatic rings. The summed E-state index contributed by atoms with van der Waals surface area (Å²) >= 11 is 0. The summed E-state index contributed by atoms with van der Waals surface area (Å²) in [5, 5.41) is 15.8. The van der Waals surface area contributed by atoms with Gasteiger partial charge in [-0.2, -0.15) is 4.52 Å². The second kappa shape index (κ2) is 3.40. The van der Waals surface area contributed by atoms with Gasteiger partial charge in [-0.1, -0.05) is 0 Å². The van der Waals surface area contributed by atoms with E-state index < -0.39 is 0 Å². The van der Waals surface area contributed by atoms with Gasteiger partial charge in [-0.25, -0.2) is 0 Å². The van der Waals surface area contributed by atoms with Crippen molar-refractivity contribution >= 4 is 11.5 Å². The van der Waals surface area contributed by atoms with Crippen LogP contribution in [0.1, 0.15) is 0 Å². The molecule has 4 rings (SSSR count). The Kier molecular flexibility index (Phi) is 1.87. The number of rotatable bonds is 1. The summed E-state index contributed by atoms with van der Waals surface area (Å²) in [6.45, 7) is 4.52. The molecule has 0 radical (unpaired) electrons. The monoisotopic (exact) mass is 230 g/mol. The fraction of sp³-hybridized carbons (Fsp3) is 0.545. The van der Waals surface area contributed by atoms with Crippen LogP contribution in [0.4, 0.5) is 5.82 Å². The van der Waals surface area contributed by atoms with E-state index in [1.54, 1.807) is 10.8 Å². The van der Waals surface area contributed by atoms with E-state index in [4.69, 9.17) is 0 Å². The minimum Gasteiger partial charge on any atom is -0.355 e. The predicted octanol–water partition coefficient (Wildman–Crippen LogP) is -0.220. The first-order valence-electron chi connectivity index (χ1n) is 6.03. The van der Waals surface area contributed by atoms with Gasteiger partial charge in [0.25, 0.3) is 0 Å². The molecular formula is C11H14N6. The summed E-state index contributed by atoms with van der Waals surface area (Å²) in [5.41, 5.74) is 0.801. The Morgan fingerprint density at radius 1 is 1.18 bits per heavy atom. The van der Waals surface area contributed by atoms with Gasteiger partial charge in [0.1, 0.15) is 12.1 Å². The van der Waals surface area contributed by atoms with Crippen molar-refractivity contribution in [2.24, 2.45) is 11.8 Å². The summed E-state index contributed by atoms with van der Waals surface area (Å²) in [6, 6.07) is 4.01. The molecule has 2 unspecified atom stereocenters. The van der Waals surface area contributed by atoms with Gasteiger partial charge in [-0.3, -0.25) is 0 Å². The zero-order valence-corrected chi connectivity index (χ0v) is 9.45. The van der Waals surface area contributed by atoms with Crippen LogP contribution < -0.4 is 10.2 Å². The highest BCUT2D eigenvalue weighted by Gasteiger charge is 2.36. The van der Waals surface area contributed by atoms with Crippen LogP contribution >= 0.6 is 0 Å². The van der Waals surface area contributed by atoms with Gasteiger partial charge in [0, 0.05) is 26.2 Å². The third kappa shape index (κ3) is 1.40. The second-order valence-electron chi connectivity index (χ2n) is 4.91. The van der Waals surface area contributed by atoms with Crippen LogP contribution in [0.25, 0.3) is 5.65 Å². The van der Waals surface area contributed by atoms with Crippen molar-refractivity contribution in [1.29, 1.82) is 0 Å². The van der Waals surface area contributed by atoms with Crippen molar-refractivity contribution in [3.05, 3.63) is 18.5 Å². The zero-order valence-electron chi connectivity index (χ0n) is 9.45. The molecule has 88 valence electrons. The quantitative estimate of drug-likeness (QED) is 0.734. The summed E-state index contributed by atoms with van der Waals surface area (Å²) in [5.74, 6) is 2.61. The second-order valence-corrected chi connectivity index (χ2v) is 4.91. The Balaban J connectivity index is 1.66. The third-order valence-corrected chi connectivity index (χ3v) is 3.86. The van der Waals surface area contributed by atoms with Crippen molar-refractivity contribution in [3.8, 4) is 0 Å². The molecule has 0 bridgehead atoms. The van der Waals surface area contributed by atoms with Crippen LogP contribution in [0.3, 0.4) is 0 Å². The number of fused-ring (bicyclic) bond motifs is 2. The molecule has 0 amide bonds. The van der Waals surface area contributed by atoms with Crippen molar-refractivity contribution in [2.45, 2.75) is 0 Å². The first-order valence-corrected chi connectivity index (χ1v) is 6.03. The molecule has 4 heterocycles. The highest BCUT2D eigenvalue weighted by Crippen LogP contribution is 2.29. The standard InChI is InChI=1S/C11H14N6/c1-2-11(15-17-7-13-14-10(1)17)16-5-8-3-12-4-9(8)6-16/h1-2,7-9,12H,3-6H2. The summed E-state index contributed by atoms with van der Waals surface area (Å²) < 4.78 is 1.74. The molecule has 2 aromatic heterocycles. The molecule has 6 nitrogen and oxygen atoms in total. The Morgan fingerprint density at radius 2 is 2.00 bits per heavy atom.